The van der Waals surface area contributed by atoms with Gasteiger partial charge in [0.2, 0.25) is 12.7 Å². The van der Waals surface area contributed by atoms with E-state index in [1.807, 2.05) is 24.3 Å². The molecule has 5 heteroatoms. The van der Waals surface area contributed by atoms with Crippen LogP contribution in [0.4, 0.5) is 0 Å². The van der Waals surface area contributed by atoms with Crippen molar-refractivity contribution in [2.24, 2.45) is 0 Å². The first-order valence-electron chi connectivity index (χ1n) is 14.0. The van der Waals surface area contributed by atoms with Crippen molar-refractivity contribution < 1.29 is 14.3 Å². The van der Waals surface area contributed by atoms with Gasteiger partial charge in [-0.1, -0.05) is 84.9 Å². The van der Waals surface area contributed by atoms with E-state index >= 15 is 0 Å². The number of carbonyl (C=O) groups excluding carboxylic acids is 1. The molecule has 0 fully saturated rings. The molecule has 1 aliphatic heterocycles. The molecule has 1 aliphatic rings. The fourth-order valence-electron chi connectivity index (χ4n) is 5.86. The number of fused-ring (bicyclic) bond motifs is 2. The topological polar surface area (TPSA) is 52.5 Å². The zero-order valence-corrected chi connectivity index (χ0v) is 22.8. The van der Waals surface area contributed by atoms with E-state index in [0.717, 1.165) is 35.6 Å². The first-order chi connectivity index (χ1) is 19.7. The molecule has 5 aromatic rings. The van der Waals surface area contributed by atoms with E-state index in [1.165, 1.54) is 22.0 Å². The van der Waals surface area contributed by atoms with Crippen molar-refractivity contribution >= 4 is 16.8 Å². The summed E-state index contributed by atoms with van der Waals surface area (Å²) in [5.74, 6) is 1.61. The molecular formula is C35H34N2O3. The summed E-state index contributed by atoms with van der Waals surface area (Å²) in [6.45, 7) is 3.83. The summed E-state index contributed by atoms with van der Waals surface area (Å²) < 4.78 is 13.5. The van der Waals surface area contributed by atoms with Gasteiger partial charge in [0.1, 0.15) is 0 Å². The molecule has 0 spiro atoms. The van der Waals surface area contributed by atoms with E-state index in [2.05, 4.69) is 102 Å². The molecule has 1 aromatic heterocycles. The Bertz CT molecular complexity index is 1550. The van der Waals surface area contributed by atoms with Crippen molar-refractivity contribution in [1.82, 2.24) is 9.88 Å². The number of amides is 1. The van der Waals surface area contributed by atoms with Gasteiger partial charge in [-0.3, -0.25) is 4.79 Å². The molecule has 0 bridgehead atoms. The third-order valence-electron chi connectivity index (χ3n) is 7.88. The summed E-state index contributed by atoms with van der Waals surface area (Å²) in [4.78, 5) is 13.5. The Kier molecular flexibility index (Phi) is 7.53. The van der Waals surface area contributed by atoms with Crippen LogP contribution in [-0.4, -0.2) is 23.8 Å². The molecule has 1 unspecified atom stereocenters. The minimum Gasteiger partial charge on any atom is -0.454 e. The Morgan fingerprint density at radius 3 is 2.20 bits per heavy atom. The maximum absolute atomic E-state index is 13.5. The number of rotatable bonds is 10. The number of hydrogen-bond acceptors (Lipinski definition) is 3. The van der Waals surface area contributed by atoms with Gasteiger partial charge in [0.25, 0.3) is 0 Å². The maximum Gasteiger partial charge on any atom is 0.231 e. The number of ether oxygens (including phenoxy) is 2. The van der Waals surface area contributed by atoms with Crippen LogP contribution in [0.3, 0.4) is 0 Å². The van der Waals surface area contributed by atoms with Crippen molar-refractivity contribution in [2.45, 2.75) is 38.1 Å². The molecule has 0 saturated carbocycles. The molecule has 2 heterocycles. The van der Waals surface area contributed by atoms with Gasteiger partial charge in [0.05, 0.1) is 0 Å². The molecule has 0 aliphatic carbocycles. The summed E-state index contributed by atoms with van der Waals surface area (Å²) in [5.41, 5.74) is 5.89. The van der Waals surface area contributed by atoms with Gasteiger partial charge in [0.15, 0.2) is 11.5 Å². The Hall–Kier alpha value is -4.51. The van der Waals surface area contributed by atoms with Crippen molar-refractivity contribution in [1.29, 1.82) is 0 Å². The third kappa shape index (κ3) is 5.32. The number of benzene rings is 4. The highest BCUT2D eigenvalue weighted by atomic mass is 16.7. The number of aromatic nitrogens is 1. The zero-order valence-electron chi connectivity index (χ0n) is 22.8. The minimum absolute atomic E-state index is 0.0378. The first-order valence-corrected chi connectivity index (χ1v) is 14.0. The molecular weight excluding hydrogens is 496 g/mol. The number of aryl methyl sites for hydroxylation is 1. The second-order valence-electron chi connectivity index (χ2n) is 10.3. The summed E-state index contributed by atoms with van der Waals surface area (Å²) in [6.07, 6.45) is 3.37. The van der Waals surface area contributed by atoms with Gasteiger partial charge in [0, 0.05) is 48.4 Å². The Labute approximate surface area is 235 Å². The van der Waals surface area contributed by atoms with E-state index < -0.39 is 0 Å². The maximum atomic E-state index is 13.5. The average molecular weight is 531 g/mol. The molecule has 0 saturated heterocycles. The minimum atomic E-state index is -0.119. The van der Waals surface area contributed by atoms with Crippen molar-refractivity contribution in [3.05, 3.63) is 132 Å². The van der Waals surface area contributed by atoms with Crippen LogP contribution in [0.5, 0.6) is 11.5 Å². The number of nitrogens with one attached hydrogen (secondary N) is 1. The molecule has 6 rings (SSSR count). The Balaban J connectivity index is 1.24. The van der Waals surface area contributed by atoms with Gasteiger partial charge in [-0.05, 0) is 53.8 Å². The zero-order chi connectivity index (χ0) is 27.3. The molecule has 0 radical (unpaired) electrons. The molecule has 1 atom stereocenters. The second-order valence-corrected chi connectivity index (χ2v) is 10.3. The summed E-state index contributed by atoms with van der Waals surface area (Å²) >= 11 is 0. The van der Waals surface area contributed by atoms with Crippen molar-refractivity contribution in [3.8, 4) is 11.5 Å². The molecule has 202 valence electrons. The van der Waals surface area contributed by atoms with E-state index in [1.54, 1.807) is 0 Å². The van der Waals surface area contributed by atoms with E-state index in [9.17, 15) is 4.79 Å². The van der Waals surface area contributed by atoms with Gasteiger partial charge >= 0.3 is 0 Å². The lowest BCUT2D eigenvalue weighted by Crippen LogP contribution is -2.27. The molecule has 1 N–H and O–H groups in total. The lowest BCUT2D eigenvalue weighted by Gasteiger charge is -2.20. The predicted octanol–water partition coefficient (Wildman–Crippen LogP) is 7.25. The largest absolute Gasteiger partial charge is 0.454 e. The van der Waals surface area contributed by atoms with Crippen LogP contribution in [0.25, 0.3) is 10.9 Å². The lowest BCUT2D eigenvalue weighted by molar-refractivity contribution is -0.121. The highest BCUT2D eigenvalue weighted by Crippen LogP contribution is 2.40. The Morgan fingerprint density at radius 2 is 1.48 bits per heavy atom. The average Bonchev–Trinajstić information content (AvgIpc) is 3.63. The van der Waals surface area contributed by atoms with Crippen LogP contribution < -0.4 is 14.8 Å². The summed E-state index contributed by atoms with van der Waals surface area (Å²) in [6, 6.07) is 35.5. The number of para-hydroxylation sites is 1. The number of hydrogen-bond donors (Lipinski definition) is 1. The number of carbonyl (C=O) groups is 1. The van der Waals surface area contributed by atoms with E-state index in [4.69, 9.17) is 9.47 Å². The lowest BCUT2D eigenvalue weighted by atomic mass is 9.87. The fourth-order valence-corrected chi connectivity index (χ4v) is 5.86. The van der Waals surface area contributed by atoms with Crippen molar-refractivity contribution in [3.63, 3.8) is 0 Å². The SMILES string of the molecule is CCn1cc(C(CC(=O)NCCC(c2ccccc2)c2ccccc2)c2ccc3c(c2)OCO3)c2ccccc21. The van der Waals surface area contributed by atoms with Gasteiger partial charge < -0.3 is 19.4 Å². The normalized spacial score (nSPS) is 13.1. The van der Waals surface area contributed by atoms with Crippen LogP contribution in [0.2, 0.25) is 0 Å². The first kappa shape index (κ1) is 25.8. The van der Waals surface area contributed by atoms with Gasteiger partial charge in [-0.15, -0.1) is 0 Å². The van der Waals surface area contributed by atoms with E-state index in [0.29, 0.717) is 13.0 Å². The number of nitrogens with zero attached hydrogens (tertiary/aromatic N) is 1. The third-order valence-corrected chi connectivity index (χ3v) is 7.88. The quantitative estimate of drug-likeness (QED) is 0.207. The smallest absolute Gasteiger partial charge is 0.231 e. The second kappa shape index (κ2) is 11.7. The van der Waals surface area contributed by atoms with Crippen LogP contribution in [0.15, 0.2) is 109 Å². The highest BCUT2D eigenvalue weighted by molar-refractivity contribution is 5.86. The molecule has 1 amide bonds. The molecule has 4 aromatic carbocycles. The Morgan fingerprint density at radius 1 is 0.800 bits per heavy atom. The molecule has 40 heavy (non-hydrogen) atoms. The summed E-state index contributed by atoms with van der Waals surface area (Å²) in [7, 11) is 0. The standard InChI is InChI=1S/C35H34N2O3/c1-2-37-23-31(29-15-9-10-16-32(29)37)30(27-17-18-33-34(21-27)40-24-39-33)22-35(38)36-20-19-28(25-11-5-3-6-12-25)26-13-7-4-8-14-26/h3-18,21,23,28,30H,2,19-20,22,24H2,1H3,(H,36,38). The van der Waals surface area contributed by atoms with Crippen LogP contribution >= 0.6 is 0 Å². The molecule has 5 nitrogen and oxygen atoms in total. The van der Waals surface area contributed by atoms with Gasteiger partial charge in [-0.2, -0.15) is 0 Å². The predicted molar refractivity (Wildman–Crippen MR) is 159 cm³/mol. The summed E-state index contributed by atoms with van der Waals surface area (Å²) in [5, 5.41) is 4.42. The van der Waals surface area contributed by atoms with Crippen LogP contribution in [-0.2, 0) is 11.3 Å². The van der Waals surface area contributed by atoms with E-state index in [-0.39, 0.29) is 24.5 Å². The van der Waals surface area contributed by atoms with Crippen molar-refractivity contribution in [2.75, 3.05) is 13.3 Å². The van der Waals surface area contributed by atoms with Crippen LogP contribution in [0.1, 0.15) is 53.9 Å². The fraction of sp³-hybridized carbons (Fsp3) is 0.229. The van der Waals surface area contributed by atoms with Crippen LogP contribution in [0, 0.1) is 0 Å². The monoisotopic (exact) mass is 530 g/mol. The van der Waals surface area contributed by atoms with Gasteiger partial charge in [-0.25, -0.2) is 0 Å². The highest BCUT2D eigenvalue weighted by Gasteiger charge is 2.25.